The lowest BCUT2D eigenvalue weighted by Crippen LogP contribution is -2.38. The number of hydrogen-bond acceptors (Lipinski definition) is 6. The summed E-state index contributed by atoms with van der Waals surface area (Å²) in [6.07, 6.45) is 2.01. The maximum Gasteiger partial charge on any atom is 0.329 e. The van der Waals surface area contributed by atoms with Crippen LogP contribution in [0.2, 0.25) is 0 Å². The normalized spacial score (nSPS) is 10.4. The molecule has 148 valence electrons. The van der Waals surface area contributed by atoms with Gasteiger partial charge in [-0.3, -0.25) is 9.59 Å². The first-order valence-corrected chi connectivity index (χ1v) is 8.54. The SMILES string of the molecule is COc1cc(/C=N/NC(=O)C(=O)NCCc2ccccc2)cc(OC)c1OC. The monoisotopic (exact) mass is 385 g/mol. The van der Waals surface area contributed by atoms with E-state index in [0.29, 0.717) is 35.8 Å². The number of hydrogen-bond donors (Lipinski definition) is 2. The fourth-order valence-electron chi connectivity index (χ4n) is 2.44. The van der Waals surface area contributed by atoms with E-state index in [-0.39, 0.29) is 0 Å². The summed E-state index contributed by atoms with van der Waals surface area (Å²) in [5.41, 5.74) is 3.86. The van der Waals surface area contributed by atoms with E-state index in [9.17, 15) is 9.59 Å². The summed E-state index contributed by atoms with van der Waals surface area (Å²) in [6.45, 7) is 0.354. The van der Waals surface area contributed by atoms with Gasteiger partial charge in [0.05, 0.1) is 27.5 Å². The van der Waals surface area contributed by atoms with Crippen molar-refractivity contribution in [1.29, 1.82) is 0 Å². The molecule has 0 heterocycles. The first kappa shape index (κ1) is 20.8. The highest BCUT2D eigenvalue weighted by atomic mass is 16.5. The standard InChI is InChI=1S/C20H23N3O5/c1-26-16-11-15(12-17(27-2)18(16)28-3)13-22-23-20(25)19(24)21-10-9-14-7-5-4-6-8-14/h4-8,11-13H,9-10H2,1-3H3,(H,21,24)(H,23,25)/b22-13+. The molecule has 8 nitrogen and oxygen atoms in total. The van der Waals surface area contributed by atoms with Crippen molar-refractivity contribution in [1.82, 2.24) is 10.7 Å². The van der Waals surface area contributed by atoms with Gasteiger partial charge >= 0.3 is 11.8 Å². The third-order valence-corrected chi connectivity index (χ3v) is 3.82. The van der Waals surface area contributed by atoms with Crippen molar-refractivity contribution in [2.24, 2.45) is 5.10 Å². The van der Waals surface area contributed by atoms with E-state index in [2.05, 4.69) is 15.8 Å². The highest BCUT2D eigenvalue weighted by molar-refractivity contribution is 6.35. The van der Waals surface area contributed by atoms with Crippen molar-refractivity contribution in [2.75, 3.05) is 27.9 Å². The Labute approximate surface area is 163 Å². The van der Waals surface area contributed by atoms with E-state index < -0.39 is 11.8 Å². The summed E-state index contributed by atoms with van der Waals surface area (Å²) in [6, 6.07) is 13.0. The van der Waals surface area contributed by atoms with Crippen LogP contribution >= 0.6 is 0 Å². The van der Waals surface area contributed by atoms with Crippen molar-refractivity contribution in [2.45, 2.75) is 6.42 Å². The first-order valence-electron chi connectivity index (χ1n) is 8.54. The van der Waals surface area contributed by atoms with E-state index in [1.807, 2.05) is 30.3 Å². The predicted molar refractivity (Wildman–Crippen MR) is 105 cm³/mol. The second-order valence-corrected chi connectivity index (χ2v) is 5.65. The minimum atomic E-state index is -0.850. The lowest BCUT2D eigenvalue weighted by Gasteiger charge is -2.12. The molecule has 0 spiro atoms. The number of ether oxygens (including phenoxy) is 3. The van der Waals surface area contributed by atoms with Gasteiger partial charge in [0.25, 0.3) is 0 Å². The molecule has 2 N–H and O–H groups in total. The molecule has 2 aromatic carbocycles. The highest BCUT2D eigenvalue weighted by Crippen LogP contribution is 2.37. The zero-order valence-electron chi connectivity index (χ0n) is 16.0. The molecule has 0 saturated heterocycles. The predicted octanol–water partition coefficient (Wildman–Crippen LogP) is 1.52. The largest absolute Gasteiger partial charge is 0.493 e. The van der Waals surface area contributed by atoms with Gasteiger partial charge in [-0.2, -0.15) is 5.10 Å². The topological polar surface area (TPSA) is 98.2 Å². The molecule has 0 bridgehead atoms. The Hall–Kier alpha value is -3.55. The van der Waals surface area contributed by atoms with Gasteiger partial charge in [-0.05, 0) is 24.1 Å². The average Bonchev–Trinajstić information content (AvgIpc) is 2.73. The molecule has 0 fully saturated rings. The average molecular weight is 385 g/mol. The molecule has 0 radical (unpaired) electrons. The van der Waals surface area contributed by atoms with Gasteiger partial charge in [0, 0.05) is 12.1 Å². The maximum atomic E-state index is 11.8. The Morgan fingerprint density at radius 1 is 0.964 bits per heavy atom. The molecule has 0 aliphatic rings. The molecule has 0 aliphatic carbocycles. The van der Waals surface area contributed by atoms with Gasteiger partial charge in [-0.1, -0.05) is 30.3 Å². The molecule has 2 rings (SSSR count). The Balaban J connectivity index is 1.89. The molecular formula is C20H23N3O5. The number of benzene rings is 2. The molecule has 2 aromatic rings. The summed E-state index contributed by atoms with van der Waals surface area (Å²) in [7, 11) is 4.50. The number of methoxy groups -OCH3 is 3. The zero-order chi connectivity index (χ0) is 20.4. The van der Waals surface area contributed by atoms with E-state index >= 15 is 0 Å². The molecule has 28 heavy (non-hydrogen) atoms. The number of nitrogens with zero attached hydrogens (tertiary/aromatic N) is 1. The minimum Gasteiger partial charge on any atom is -0.493 e. The van der Waals surface area contributed by atoms with Crippen LogP contribution in [0.1, 0.15) is 11.1 Å². The van der Waals surface area contributed by atoms with Crippen molar-refractivity contribution < 1.29 is 23.8 Å². The molecule has 0 unspecified atom stereocenters. The van der Waals surface area contributed by atoms with Crippen LogP contribution in [-0.4, -0.2) is 45.9 Å². The second kappa shape index (κ2) is 10.6. The third-order valence-electron chi connectivity index (χ3n) is 3.82. The van der Waals surface area contributed by atoms with Gasteiger partial charge in [0.2, 0.25) is 5.75 Å². The molecule has 0 aromatic heterocycles. The van der Waals surface area contributed by atoms with E-state index in [1.165, 1.54) is 27.5 Å². The van der Waals surface area contributed by atoms with Crippen LogP contribution in [0.4, 0.5) is 0 Å². The van der Waals surface area contributed by atoms with Gasteiger partial charge < -0.3 is 19.5 Å². The van der Waals surface area contributed by atoms with Gasteiger partial charge in [-0.25, -0.2) is 5.43 Å². The number of carbonyl (C=O) groups excluding carboxylic acids is 2. The Bertz CT molecular complexity index is 812. The van der Waals surface area contributed by atoms with Crippen LogP contribution in [0, 0.1) is 0 Å². The van der Waals surface area contributed by atoms with Gasteiger partial charge in [0.15, 0.2) is 11.5 Å². The Morgan fingerprint density at radius 2 is 1.61 bits per heavy atom. The summed E-state index contributed by atoms with van der Waals surface area (Å²) in [5, 5.41) is 6.35. The molecule has 0 aliphatic heterocycles. The van der Waals surface area contributed by atoms with Crippen molar-refractivity contribution in [3.63, 3.8) is 0 Å². The van der Waals surface area contributed by atoms with Gasteiger partial charge in [0.1, 0.15) is 0 Å². The fraction of sp³-hybridized carbons (Fsp3) is 0.250. The zero-order valence-corrected chi connectivity index (χ0v) is 16.0. The van der Waals surface area contributed by atoms with Crippen molar-refractivity contribution >= 4 is 18.0 Å². The molecular weight excluding hydrogens is 362 g/mol. The smallest absolute Gasteiger partial charge is 0.329 e. The van der Waals surface area contributed by atoms with E-state index in [1.54, 1.807) is 12.1 Å². The van der Waals surface area contributed by atoms with Crippen molar-refractivity contribution in [3.8, 4) is 17.2 Å². The quantitative estimate of drug-likeness (QED) is 0.408. The lowest BCUT2D eigenvalue weighted by molar-refractivity contribution is -0.139. The van der Waals surface area contributed by atoms with Crippen LogP contribution in [-0.2, 0) is 16.0 Å². The molecule has 0 saturated carbocycles. The summed E-state index contributed by atoms with van der Waals surface area (Å²) >= 11 is 0. The number of rotatable bonds is 8. The van der Waals surface area contributed by atoms with Crippen LogP contribution in [0.3, 0.4) is 0 Å². The summed E-state index contributed by atoms with van der Waals surface area (Å²) in [5.74, 6) is -0.250. The molecule has 0 atom stereocenters. The van der Waals surface area contributed by atoms with E-state index in [4.69, 9.17) is 14.2 Å². The Kier molecular flexibility index (Phi) is 7.83. The van der Waals surface area contributed by atoms with Crippen LogP contribution in [0.5, 0.6) is 17.2 Å². The maximum absolute atomic E-state index is 11.8. The summed E-state index contributed by atoms with van der Waals surface area (Å²) in [4.78, 5) is 23.6. The lowest BCUT2D eigenvalue weighted by atomic mass is 10.1. The highest BCUT2D eigenvalue weighted by Gasteiger charge is 2.13. The third kappa shape index (κ3) is 5.73. The number of amides is 2. The number of nitrogens with one attached hydrogen (secondary N) is 2. The molecule has 8 heteroatoms. The fourth-order valence-corrected chi connectivity index (χ4v) is 2.44. The number of hydrazone groups is 1. The van der Waals surface area contributed by atoms with Crippen LogP contribution in [0.25, 0.3) is 0 Å². The van der Waals surface area contributed by atoms with E-state index in [0.717, 1.165) is 5.56 Å². The summed E-state index contributed by atoms with van der Waals surface area (Å²) < 4.78 is 15.7. The molecule has 2 amide bonds. The van der Waals surface area contributed by atoms with Crippen LogP contribution < -0.4 is 25.0 Å². The number of carbonyl (C=O) groups is 2. The van der Waals surface area contributed by atoms with Crippen LogP contribution in [0.15, 0.2) is 47.6 Å². The van der Waals surface area contributed by atoms with Crippen molar-refractivity contribution in [3.05, 3.63) is 53.6 Å². The Morgan fingerprint density at radius 3 is 2.18 bits per heavy atom. The minimum absolute atomic E-state index is 0.354. The first-order chi connectivity index (χ1) is 13.6. The van der Waals surface area contributed by atoms with Gasteiger partial charge in [-0.15, -0.1) is 0 Å². The second-order valence-electron chi connectivity index (χ2n) is 5.65.